The Labute approximate surface area is 167 Å². The molecule has 0 fully saturated rings. The zero-order chi connectivity index (χ0) is 19.2. The molecule has 2 aromatic heterocycles. The standard InChI is InChI=1S/C23H18N2O2S/c26-23(19-9-7-18(8-10-19)20-11-13-28-16-20)25-15-17-4-3-5-21(14-17)27-22-6-1-2-12-24-22/h1-14,16H,15H2,(H,25,26). The lowest BCUT2D eigenvalue weighted by atomic mass is 10.1. The normalized spacial score (nSPS) is 10.4. The van der Waals surface area contributed by atoms with Gasteiger partial charge in [0.2, 0.25) is 5.88 Å². The van der Waals surface area contributed by atoms with Crippen molar-refractivity contribution in [2.24, 2.45) is 0 Å². The van der Waals surface area contributed by atoms with Crippen molar-refractivity contribution in [3.05, 3.63) is 101 Å². The van der Waals surface area contributed by atoms with Gasteiger partial charge in [-0.05, 0) is 63.8 Å². The van der Waals surface area contributed by atoms with Crippen molar-refractivity contribution < 1.29 is 9.53 Å². The van der Waals surface area contributed by atoms with Crippen LogP contribution in [0.1, 0.15) is 15.9 Å². The molecule has 28 heavy (non-hydrogen) atoms. The molecule has 0 aliphatic carbocycles. The number of hydrogen-bond donors (Lipinski definition) is 1. The number of hydrogen-bond acceptors (Lipinski definition) is 4. The molecule has 0 unspecified atom stereocenters. The molecule has 4 nitrogen and oxygen atoms in total. The van der Waals surface area contributed by atoms with Crippen LogP contribution < -0.4 is 10.1 Å². The first-order chi connectivity index (χ1) is 13.8. The minimum absolute atomic E-state index is 0.104. The summed E-state index contributed by atoms with van der Waals surface area (Å²) in [7, 11) is 0. The van der Waals surface area contributed by atoms with Crippen molar-refractivity contribution in [3.8, 4) is 22.8 Å². The van der Waals surface area contributed by atoms with Crippen LogP contribution in [0.15, 0.2) is 89.8 Å². The molecule has 0 aliphatic heterocycles. The summed E-state index contributed by atoms with van der Waals surface area (Å²) in [5, 5.41) is 7.09. The van der Waals surface area contributed by atoms with Gasteiger partial charge in [0, 0.05) is 24.4 Å². The van der Waals surface area contributed by atoms with Gasteiger partial charge in [-0.1, -0.05) is 30.3 Å². The molecule has 0 radical (unpaired) electrons. The number of thiophene rings is 1. The largest absolute Gasteiger partial charge is 0.439 e. The molecule has 1 N–H and O–H groups in total. The van der Waals surface area contributed by atoms with Gasteiger partial charge < -0.3 is 10.1 Å². The first kappa shape index (κ1) is 17.9. The van der Waals surface area contributed by atoms with Gasteiger partial charge in [-0.25, -0.2) is 4.98 Å². The number of carbonyl (C=O) groups is 1. The molecule has 0 aliphatic rings. The smallest absolute Gasteiger partial charge is 0.251 e. The van der Waals surface area contributed by atoms with Gasteiger partial charge in [-0.3, -0.25) is 4.79 Å². The van der Waals surface area contributed by atoms with Gasteiger partial charge in [0.15, 0.2) is 0 Å². The first-order valence-electron chi connectivity index (χ1n) is 8.86. The average molecular weight is 386 g/mol. The van der Waals surface area contributed by atoms with Crippen molar-refractivity contribution in [2.45, 2.75) is 6.54 Å². The molecule has 0 bridgehead atoms. The topological polar surface area (TPSA) is 51.2 Å². The van der Waals surface area contributed by atoms with Crippen LogP contribution in [0.25, 0.3) is 11.1 Å². The van der Waals surface area contributed by atoms with Gasteiger partial charge >= 0.3 is 0 Å². The zero-order valence-electron chi connectivity index (χ0n) is 15.0. The highest BCUT2D eigenvalue weighted by Gasteiger charge is 2.07. The number of benzene rings is 2. The van der Waals surface area contributed by atoms with E-state index in [-0.39, 0.29) is 5.91 Å². The van der Waals surface area contributed by atoms with Gasteiger partial charge in [0.25, 0.3) is 5.91 Å². The Morgan fingerprint density at radius 1 is 0.964 bits per heavy atom. The van der Waals surface area contributed by atoms with E-state index < -0.39 is 0 Å². The van der Waals surface area contributed by atoms with Gasteiger partial charge in [0.1, 0.15) is 5.75 Å². The number of pyridine rings is 1. The molecule has 0 saturated heterocycles. The molecule has 5 heteroatoms. The molecule has 0 spiro atoms. The fourth-order valence-electron chi connectivity index (χ4n) is 2.77. The van der Waals surface area contributed by atoms with Crippen LogP contribution in [0.4, 0.5) is 0 Å². The maximum Gasteiger partial charge on any atom is 0.251 e. The second-order valence-corrected chi connectivity index (χ2v) is 6.97. The Bertz CT molecular complexity index is 1050. The fourth-order valence-corrected chi connectivity index (χ4v) is 3.44. The van der Waals surface area contributed by atoms with Crippen molar-refractivity contribution in [1.29, 1.82) is 0 Å². The lowest BCUT2D eigenvalue weighted by Crippen LogP contribution is -2.22. The molecular weight excluding hydrogens is 368 g/mol. The Kier molecular flexibility index (Phi) is 5.45. The summed E-state index contributed by atoms with van der Waals surface area (Å²) < 4.78 is 5.74. The van der Waals surface area contributed by atoms with Gasteiger partial charge in [-0.15, -0.1) is 0 Å². The quantitative estimate of drug-likeness (QED) is 0.474. The van der Waals surface area contributed by atoms with E-state index >= 15 is 0 Å². The predicted octanol–water partition coefficient (Wildman–Crippen LogP) is 5.53. The second-order valence-electron chi connectivity index (χ2n) is 6.19. The number of amides is 1. The third kappa shape index (κ3) is 4.45. The van der Waals surface area contributed by atoms with Crippen LogP contribution in [-0.2, 0) is 6.54 Å². The fraction of sp³-hybridized carbons (Fsp3) is 0.0435. The minimum atomic E-state index is -0.104. The maximum atomic E-state index is 12.4. The first-order valence-corrected chi connectivity index (χ1v) is 9.81. The minimum Gasteiger partial charge on any atom is -0.439 e. The molecule has 4 rings (SSSR count). The molecule has 0 saturated carbocycles. The number of aromatic nitrogens is 1. The molecular formula is C23H18N2O2S. The molecule has 0 atom stereocenters. The number of carbonyl (C=O) groups excluding carboxylic acids is 1. The van der Waals surface area contributed by atoms with Crippen LogP contribution in [0.2, 0.25) is 0 Å². The van der Waals surface area contributed by atoms with E-state index in [2.05, 4.69) is 21.7 Å². The third-order valence-corrected chi connectivity index (χ3v) is 4.90. The SMILES string of the molecule is O=C(NCc1cccc(Oc2ccccn2)c1)c1ccc(-c2ccsc2)cc1. The molecule has 4 aromatic rings. The molecule has 2 aromatic carbocycles. The molecule has 1 amide bonds. The number of ether oxygens (including phenoxy) is 1. The van der Waals surface area contributed by atoms with Gasteiger partial charge in [-0.2, -0.15) is 11.3 Å². The maximum absolute atomic E-state index is 12.4. The van der Waals surface area contributed by atoms with E-state index in [4.69, 9.17) is 4.74 Å². The highest BCUT2D eigenvalue weighted by molar-refractivity contribution is 7.08. The Morgan fingerprint density at radius 3 is 2.61 bits per heavy atom. The van der Waals surface area contributed by atoms with Crippen molar-refractivity contribution in [3.63, 3.8) is 0 Å². The summed E-state index contributed by atoms with van der Waals surface area (Å²) in [6, 6.07) is 22.8. The number of nitrogens with zero attached hydrogens (tertiary/aromatic N) is 1. The lowest BCUT2D eigenvalue weighted by molar-refractivity contribution is 0.0951. The Hall–Kier alpha value is -3.44. The Morgan fingerprint density at radius 2 is 1.86 bits per heavy atom. The van der Waals surface area contributed by atoms with Crippen molar-refractivity contribution in [1.82, 2.24) is 10.3 Å². The summed E-state index contributed by atoms with van der Waals surface area (Å²) in [5.74, 6) is 1.12. The number of nitrogens with one attached hydrogen (secondary N) is 1. The van der Waals surface area contributed by atoms with E-state index in [0.29, 0.717) is 23.7 Å². The highest BCUT2D eigenvalue weighted by Crippen LogP contribution is 2.23. The van der Waals surface area contributed by atoms with E-state index in [1.807, 2.05) is 66.0 Å². The zero-order valence-corrected chi connectivity index (χ0v) is 15.9. The number of rotatable bonds is 6. The van der Waals surface area contributed by atoms with E-state index in [0.717, 1.165) is 11.1 Å². The monoisotopic (exact) mass is 386 g/mol. The summed E-state index contributed by atoms with van der Waals surface area (Å²) in [6.07, 6.45) is 1.68. The van der Waals surface area contributed by atoms with Crippen LogP contribution in [0.5, 0.6) is 11.6 Å². The molecule has 138 valence electrons. The predicted molar refractivity (Wildman–Crippen MR) is 112 cm³/mol. The third-order valence-electron chi connectivity index (χ3n) is 4.21. The van der Waals surface area contributed by atoms with Crippen molar-refractivity contribution in [2.75, 3.05) is 0 Å². The van der Waals surface area contributed by atoms with E-state index in [1.165, 1.54) is 5.56 Å². The molecule has 2 heterocycles. The van der Waals surface area contributed by atoms with E-state index in [1.54, 1.807) is 23.6 Å². The van der Waals surface area contributed by atoms with Crippen LogP contribution >= 0.6 is 11.3 Å². The van der Waals surface area contributed by atoms with E-state index in [9.17, 15) is 4.79 Å². The second kappa shape index (κ2) is 8.50. The summed E-state index contributed by atoms with van der Waals surface area (Å²) >= 11 is 1.66. The average Bonchev–Trinajstić information content (AvgIpc) is 3.28. The summed E-state index contributed by atoms with van der Waals surface area (Å²) in [4.78, 5) is 16.6. The van der Waals surface area contributed by atoms with Gasteiger partial charge in [0.05, 0.1) is 0 Å². The summed E-state index contributed by atoms with van der Waals surface area (Å²) in [5.41, 5.74) is 3.87. The van der Waals surface area contributed by atoms with Crippen LogP contribution in [-0.4, -0.2) is 10.9 Å². The Balaban J connectivity index is 1.37. The lowest BCUT2D eigenvalue weighted by Gasteiger charge is -2.09. The van der Waals surface area contributed by atoms with Crippen LogP contribution in [0.3, 0.4) is 0 Å². The van der Waals surface area contributed by atoms with Crippen LogP contribution in [0, 0.1) is 0 Å². The summed E-state index contributed by atoms with van der Waals surface area (Å²) in [6.45, 7) is 0.421. The van der Waals surface area contributed by atoms with Crippen molar-refractivity contribution >= 4 is 17.2 Å². The highest BCUT2D eigenvalue weighted by atomic mass is 32.1.